The molecule has 0 atom stereocenters. The number of nitrogens with one attached hydrogen (secondary N) is 1. The molecule has 0 bridgehead atoms. The molecule has 0 amide bonds. The lowest BCUT2D eigenvalue weighted by Gasteiger charge is -2.14. The molecule has 0 radical (unpaired) electrons. The Morgan fingerprint density at radius 2 is 1.86 bits per heavy atom. The van der Waals surface area contributed by atoms with Gasteiger partial charge in [-0.1, -0.05) is 12.1 Å². The molecule has 2 aromatic carbocycles. The number of aromatic nitrogens is 4. The van der Waals surface area contributed by atoms with Gasteiger partial charge in [-0.15, -0.1) is 5.10 Å². The van der Waals surface area contributed by atoms with Gasteiger partial charge in [0.1, 0.15) is 28.6 Å². The largest absolute Gasteiger partial charge is 0.492 e. The van der Waals surface area contributed by atoms with Gasteiger partial charge < -0.3 is 10.1 Å². The maximum absolute atomic E-state index is 13.3. The van der Waals surface area contributed by atoms with Crippen molar-refractivity contribution in [2.24, 2.45) is 0 Å². The molecule has 0 saturated carbocycles. The first kappa shape index (κ1) is 17.8. The zero-order chi connectivity index (χ0) is 19.5. The summed E-state index contributed by atoms with van der Waals surface area (Å²) in [7, 11) is 1.80. The minimum atomic E-state index is -0.276. The molecule has 28 heavy (non-hydrogen) atoms. The molecule has 2 aromatic heterocycles. The third kappa shape index (κ3) is 3.34. The maximum atomic E-state index is 13.3. The highest BCUT2D eigenvalue weighted by Crippen LogP contribution is 2.35. The van der Waals surface area contributed by atoms with Crippen LogP contribution >= 0.6 is 0 Å². The minimum absolute atomic E-state index is 0.276. The van der Waals surface area contributed by atoms with Crippen molar-refractivity contribution in [1.82, 2.24) is 20.2 Å². The second-order valence-electron chi connectivity index (χ2n) is 6.07. The first-order chi connectivity index (χ1) is 13.7. The third-order valence-corrected chi connectivity index (χ3v) is 4.28. The number of nitrogens with zero attached hydrogens (tertiary/aromatic N) is 4. The third-order valence-electron chi connectivity index (χ3n) is 4.28. The quantitative estimate of drug-likeness (QED) is 0.560. The molecule has 140 valence electrons. The van der Waals surface area contributed by atoms with Gasteiger partial charge >= 0.3 is 0 Å². The highest BCUT2D eigenvalue weighted by Gasteiger charge is 2.16. The van der Waals surface area contributed by atoms with Gasteiger partial charge in [-0.3, -0.25) is 0 Å². The second kappa shape index (κ2) is 7.56. The van der Waals surface area contributed by atoms with Gasteiger partial charge in [-0.05, 0) is 54.4 Å². The van der Waals surface area contributed by atoms with Crippen molar-refractivity contribution in [2.45, 2.75) is 6.92 Å². The van der Waals surface area contributed by atoms with Crippen LogP contribution in [0.2, 0.25) is 0 Å². The van der Waals surface area contributed by atoms with Gasteiger partial charge in [0.25, 0.3) is 0 Å². The fourth-order valence-electron chi connectivity index (χ4n) is 3.00. The topological polar surface area (TPSA) is 72.8 Å². The van der Waals surface area contributed by atoms with Crippen molar-refractivity contribution >= 4 is 16.7 Å². The van der Waals surface area contributed by atoms with E-state index < -0.39 is 0 Å². The molecular formula is C21H18FN5O. The van der Waals surface area contributed by atoms with E-state index in [-0.39, 0.29) is 5.82 Å². The number of fused-ring (bicyclic) bond motifs is 1. The smallest absolute Gasteiger partial charge is 0.182 e. The van der Waals surface area contributed by atoms with E-state index in [2.05, 4.69) is 25.5 Å². The van der Waals surface area contributed by atoms with Crippen LogP contribution in [0.5, 0.6) is 5.75 Å². The molecule has 0 aliphatic rings. The van der Waals surface area contributed by atoms with Crippen LogP contribution in [0.15, 0.2) is 54.7 Å². The van der Waals surface area contributed by atoms with E-state index in [0.717, 1.165) is 16.5 Å². The Kier molecular flexibility index (Phi) is 4.80. The van der Waals surface area contributed by atoms with E-state index in [1.807, 2.05) is 19.1 Å². The molecule has 4 aromatic rings. The van der Waals surface area contributed by atoms with E-state index in [9.17, 15) is 4.39 Å². The molecule has 4 rings (SSSR count). The van der Waals surface area contributed by atoms with Crippen molar-refractivity contribution in [2.75, 3.05) is 19.0 Å². The monoisotopic (exact) mass is 375 g/mol. The van der Waals surface area contributed by atoms with Gasteiger partial charge in [-0.25, -0.2) is 14.4 Å². The Bertz CT molecular complexity index is 1120. The van der Waals surface area contributed by atoms with E-state index in [1.165, 1.54) is 12.1 Å². The second-order valence-corrected chi connectivity index (χ2v) is 6.07. The van der Waals surface area contributed by atoms with Crippen molar-refractivity contribution in [3.05, 3.63) is 60.5 Å². The average Bonchev–Trinajstić information content (AvgIpc) is 2.74. The minimum Gasteiger partial charge on any atom is -0.492 e. The Morgan fingerprint density at radius 1 is 1.04 bits per heavy atom. The molecule has 0 spiro atoms. The van der Waals surface area contributed by atoms with Crippen LogP contribution in [0.25, 0.3) is 33.5 Å². The predicted molar refractivity (Wildman–Crippen MR) is 107 cm³/mol. The van der Waals surface area contributed by atoms with Gasteiger partial charge in [0.15, 0.2) is 5.82 Å². The van der Waals surface area contributed by atoms with Crippen LogP contribution in [0.3, 0.4) is 0 Å². The number of hydrogen-bond acceptors (Lipinski definition) is 6. The van der Waals surface area contributed by atoms with Crippen LogP contribution in [-0.2, 0) is 0 Å². The van der Waals surface area contributed by atoms with Crippen molar-refractivity contribution in [1.29, 1.82) is 0 Å². The SMILES string of the molecule is CCOc1cc(-c2ccc(F)cc2)cc2c(NC)nc(-c3cccnn3)nc12. The number of anilines is 1. The molecule has 0 saturated heterocycles. The number of benzene rings is 2. The fourth-order valence-corrected chi connectivity index (χ4v) is 3.00. The Labute approximate surface area is 161 Å². The van der Waals surface area contributed by atoms with Crippen molar-refractivity contribution < 1.29 is 9.13 Å². The first-order valence-corrected chi connectivity index (χ1v) is 8.90. The van der Waals surface area contributed by atoms with Crippen LogP contribution in [0.1, 0.15) is 6.92 Å². The average molecular weight is 375 g/mol. The standard InChI is InChI=1S/C21H18FN5O/c1-3-28-18-12-14(13-6-8-15(22)9-7-13)11-16-19(18)25-21(26-20(16)23-2)17-5-4-10-24-27-17/h4-12H,3H2,1-2H3,(H,23,25,26). The molecule has 0 aliphatic carbocycles. The maximum Gasteiger partial charge on any atom is 0.182 e. The summed E-state index contributed by atoms with van der Waals surface area (Å²) in [5.41, 5.74) is 3.02. The molecule has 0 aliphatic heterocycles. The zero-order valence-electron chi connectivity index (χ0n) is 15.5. The Hall–Kier alpha value is -3.61. The van der Waals surface area contributed by atoms with Gasteiger partial charge in [0.2, 0.25) is 0 Å². The molecular weight excluding hydrogens is 357 g/mol. The Morgan fingerprint density at radius 3 is 2.54 bits per heavy atom. The van der Waals surface area contributed by atoms with Gasteiger partial charge in [-0.2, -0.15) is 5.10 Å². The lowest BCUT2D eigenvalue weighted by Crippen LogP contribution is -2.02. The van der Waals surface area contributed by atoms with Crippen LogP contribution in [0, 0.1) is 5.82 Å². The zero-order valence-corrected chi connectivity index (χ0v) is 15.5. The van der Waals surface area contributed by atoms with Crippen LogP contribution in [-0.4, -0.2) is 33.8 Å². The summed E-state index contributed by atoms with van der Waals surface area (Å²) in [4.78, 5) is 9.28. The van der Waals surface area contributed by atoms with Crippen molar-refractivity contribution in [3.63, 3.8) is 0 Å². The molecule has 0 fully saturated rings. The summed E-state index contributed by atoms with van der Waals surface area (Å²) < 4.78 is 19.2. The summed E-state index contributed by atoms with van der Waals surface area (Å²) in [6, 6.07) is 13.8. The summed E-state index contributed by atoms with van der Waals surface area (Å²) in [5, 5.41) is 11.9. The highest BCUT2D eigenvalue weighted by molar-refractivity contribution is 5.97. The van der Waals surface area contributed by atoms with E-state index in [1.54, 1.807) is 37.5 Å². The van der Waals surface area contributed by atoms with Gasteiger partial charge in [0.05, 0.1) is 6.61 Å². The predicted octanol–water partition coefficient (Wildman–Crippen LogP) is 4.33. The molecule has 1 N–H and O–H groups in total. The molecule has 0 unspecified atom stereocenters. The molecule has 6 nitrogen and oxygen atoms in total. The van der Waals surface area contributed by atoms with E-state index in [4.69, 9.17) is 4.74 Å². The number of hydrogen-bond donors (Lipinski definition) is 1. The van der Waals surface area contributed by atoms with Crippen LogP contribution in [0.4, 0.5) is 10.2 Å². The summed E-state index contributed by atoms with van der Waals surface area (Å²) in [5.74, 6) is 1.46. The molecule has 7 heteroatoms. The van der Waals surface area contributed by atoms with E-state index in [0.29, 0.717) is 35.2 Å². The molecule has 2 heterocycles. The van der Waals surface area contributed by atoms with Crippen LogP contribution < -0.4 is 10.1 Å². The first-order valence-electron chi connectivity index (χ1n) is 8.90. The highest BCUT2D eigenvalue weighted by atomic mass is 19.1. The summed E-state index contributed by atoms with van der Waals surface area (Å²) in [6.45, 7) is 2.40. The normalized spacial score (nSPS) is 10.8. The summed E-state index contributed by atoms with van der Waals surface area (Å²) >= 11 is 0. The Balaban J connectivity index is 1.96. The van der Waals surface area contributed by atoms with Gasteiger partial charge in [0, 0.05) is 18.6 Å². The number of rotatable bonds is 5. The number of ether oxygens (including phenoxy) is 1. The summed E-state index contributed by atoms with van der Waals surface area (Å²) in [6.07, 6.45) is 1.60. The fraction of sp³-hybridized carbons (Fsp3) is 0.143. The van der Waals surface area contributed by atoms with Crippen molar-refractivity contribution in [3.8, 4) is 28.4 Å². The van der Waals surface area contributed by atoms with E-state index >= 15 is 0 Å². The number of halogens is 1. The lowest BCUT2D eigenvalue weighted by atomic mass is 10.0. The lowest BCUT2D eigenvalue weighted by molar-refractivity contribution is 0.344.